The number of hydrogen-bond acceptors (Lipinski definition) is 5. The first-order valence-electron chi connectivity index (χ1n) is 9.75. The van der Waals surface area contributed by atoms with Gasteiger partial charge in [0.1, 0.15) is 11.6 Å². The van der Waals surface area contributed by atoms with Crippen LogP contribution in [0.3, 0.4) is 0 Å². The third kappa shape index (κ3) is 4.80. The highest BCUT2D eigenvalue weighted by atomic mass is 19.1. The highest BCUT2D eigenvalue weighted by Crippen LogP contribution is 2.23. The minimum atomic E-state index is -0.333. The smallest absolute Gasteiger partial charge is 0.260 e. The van der Waals surface area contributed by atoms with Gasteiger partial charge in [0, 0.05) is 24.6 Å². The molecule has 7 heteroatoms. The maximum Gasteiger partial charge on any atom is 0.260 e. The van der Waals surface area contributed by atoms with E-state index in [0.29, 0.717) is 23.9 Å². The quantitative estimate of drug-likeness (QED) is 0.607. The van der Waals surface area contributed by atoms with Gasteiger partial charge in [-0.25, -0.2) is 4.39 Å². The number of aromatic nitrogens is 2. The van der Waals surface area contributed by atoms with Crippen LogP contribution in [0.4, 0.5) is 4.39 Å². The first-order chi connectivity index (χ1) is 14.2. The average molecular weight is 395 g/mol. The molecule has 2 heterocycles. The van der Waals surface area contributed by atoms with Crippen molar-refractivity contribution in [2.75, 3.05) is 13.2 Å². The molecular weight excluding hydrogens is 373 g/mol. The lowest BCUT2D eigenvalue weighted by molar-refractivity contribution is -0.134. The Labute approximate surface area is 168 Å². The number of carbonyl (C=O) groups is 1. The lowest BCUT2D eigenvalue weighted by Gasteiger charge is -2.24. The van der Waals surface area contributed by atoms with Crippen molar-refractivity contribution in [1.82, 2.24) is 15.0 Å². The van der Waals surface area contributed by atoms with Gasteiger partial charge in [0.25, 0.3) is 11.8 Å². The topological polar surface area (TPSA) is 68.5 Å². The number of hydrogen-bond donors (Lipinski definition) is 0. The van der Waals surface area contributed by atoms with Gasteiger partial charge in [-0.2, -0.15) is 4.98 Å². The molecule has 0 aliphatic carbocycles. The first-order valence-corrected chi connectivity index (χ1v) is 9.75. The molecule has 4 rings (SSSR count). The molecule has 1 fully saturated rings. The van der Waals surface area contributed by atoms with Crippen LogP contribution in [0.5, 0.6) is 5.75 Å². The number of halogens is 1. The molecule has 1 saturated heterocycles. The van der Waals surface area contributed by atoms with Gasteiger partial charge in [0.15, 0.2) is 12.4 Å². The van der Waals surface area contributed by atoms with E-state index in [0.717, 1.165) is 31.4 Å². The van der Waals surface area contributed by atoms with Crippen LogP contribution in [-0.2, 0) is 11.2 Å². The zero-order valence-electron chi connectivity index (χ0n) is 16.0. The van der Waals surface area contributed by atoms with E-state index in [-0.39, 0.29) is 24.4 Å². The summed E-state index contributed by atoms with van der Waals surface area (Å²) in [7, 11) is 0. The summed E-state index contributed by atoms with van der Waals surface area (Å²) in [5, 5.41) is 4.06. The molecule has 6 nitrogen and oxygen atoms in total. The summed E-state index contributed by atoms with van der Waals surface area (Å²) >= 11 is 0. The van der Waals surface area contributed by atoms with E-state index >= 15 is 0 Å². The summed E-state index contributed by atoms with van der Waals surface area (Å²) in [5.74, 6) is 1.24. The average Bonchev–Trinajstić information content (AvgIpc) is 3.42. The Morgan fingerprint density at radius 3 is 2.76 bits per heavy atom. The molecule has 2 aromatic carbocycles. The number of amides is 1. The number of benzene rings is 2. The Morgan fingerprint density at radius 1 is 1.17 bits per heavy atom. The summed E-state index contributed by atoms with van der Waals surface area (Å²) in [6.45, 7) is 0.667. The van der Waals surface area contributed by atoms with Crippen LogP contribution >= 0.6 is 0 Å². The Bertz CT molecular complexity index is 943. The molecule has 0 bridgehead atoms. The predicted molar refractivity (Wildman–Crippen MR) is 105 cm³/mol. The Kier molecular flexibility index (Phi) is 5.84. The molecule has 150 valence electrons. The number of carbonyl (C=O) groups excluding carboxylic acids is 1. The molecular formula is C22H22FN3O3. The number of rotatable bonds is 7. The molecule has 1 unspecified atom stereocenters. The van der Waals surface area contributed by atoms with Crippen molar-refractivity contribution >= 4 is 5.91 Å². The monoisotopic (exact) mass is 395 g/mol. The van der Waals surface area contributed by atoms with Crippen molar-refractivity contribution in [3.63, 3.8) is 0 Å². The Hall–Kier alpha value is -3.22. The molecule has 0 N–H and O–H groups in total. The standard InChI is InChI=1S/C22H22FN3O3/c23-17-8-11-19(12-9-17)28-15-21(27)26-14-4-7-18(26)10-13-20-24-22(29-25-20)16-5-2-1-3-6-16/h1-3,5-6,8-9,11-12,18H,4,7,10,13-15H2. The van der Waals surface area contributed by atoms with E-state index in [1.54, 1.807) is 0 Å². The van der Waals surface area contributed by atoms with Crippen molar-refractivity contribution in [3.05, 3.63) is 66.2 Å². The molecule has 1 atom stereocenters. The Morgan fingerprint density at radius 2 is 1.97 bits per heavy atom. The first kappa shape index (κ1) is 19.1. The van der Waals surface area contributed by atoms with Gasteiger partial charge in [0.2, 0.25) is 0 Å². The predicted octanol–water partition coefficient (Wildman–Crippen LogP) is 3.88. The summed E-state index contributed by atoms with van der Waals surface area (Å²) in [6.07, 6.45) is 3.33. The van der Waals surface area contributed by atoms with E-state index in [1.165, 1.54) is 24.3 Å². The largest absolute Gasteiger partial charge is 0.484 e. The van der Waals surface area contributed by atoms with Gasteiger partial charge >= 0.3 is 0 Å². The van der Waals surface area contributed by atoms with E-state index < -0.39 is 0 Å². The van der Waals surface area contributed by atoms with Crippen molar-refractivity contribution in [2.45, 2.75) is 31.7 Å². The molecule has 0 radical (unpaired) electrons. The van der Waals surface area contributed by atoms with Gasteiger partial charge in [-0.05, 0) is 55.7 Å². The van der Waals surface area contributed by atoms with Gasteiger partial charge < -0.3 is 14.2 Å². The summed E-state index contributed by atoms with van der Waals surface area (Å²) in [4.78, 5) is 18.9. The molecule has 0 spiro atoms. The summed E-state index contributed by atoms with van der Waals surface area (Å²) < 4.78 is 23.8. The third-order valence-corrected chi connectivity index (χ3v) is 5.06. The van der Waals surface area contributed by atoms with Gasteiger partial charge in [-0.3, -0.25) is 4.79 Å². The fraction of sp³-hybridized carbons (Fsp3) is 0.318. The van der Waals surface area contributed by atoms with Crippen molar-refractivity contribution in [3.8, 4) is 17.2 Å². The second-order valence-corrected chi connectivity index (χ2v) is 7.05. The molecule has 1 aromatic heterocycles. The van der Waals surface area contributed by atoms with Crippen LogP contribution in [-0.4, -0.2) is 40.1 Å². The van der Waals surface area contributed by atoms with Crippen molar-refractivity contribution in [1.29, 1.82) is 0 Å². The van der Waals surface area contributed by atoms with Crippen LogP contribution in [0, 0.1) is 5.82 Å². The molecule has 1 aliphatic heterocycles. The lowest BCUT2D eigenvalue weighted by Crippen LogP contribution is -2.38. The fourth-order valence-electron chi connectivity index (χ4n) is 3.57. The molecule has 29 heavy (non-hydrogen) atoms. The van der Waals surface area contributed by atoms with Gasteiger partial charge in [-0.15, -0.1) is 0 Å². The second-order valence-electron chi connectivity index (χ2n) is 7.05. The van der Waals surface area contributed by atoms with Crippen LogP contribution in [0.15, 0.2) is 59.1 Å². The Balaban J connectivity index is 1.30. The highest BCUT2D eigenvalue weighted by Gasteiger charge is 2.29. The SMILES string of the molecule is O=C(COc1ccc(F)cc1)N1CCCC1CCc1noc(-c2ccccc2)n1. The number of aryl methyl sites for hydroxylation is 1. The van der Waals surface area contributed by atoms with Crippen molar-refractivity contribution in [2.24, 2.45) is 0 Å². The van der Waals surface area contributed by atoms with Crippen LogP contribution in [0.2, 0.25) is 0 Å². The molecule has 3 aromatic rings. The molecule has 0 saturated carbocycles. The highest BCUT2D eigenvalue weighted by molar-refractivity contribution is 5.78. The van der Waals surface area contributed by atoms with E-state index in [4.69, 9.17) is 9.26 Å². The van der Waals surface area contributed by atoms with Crippen LogP contribution in [0.1, 0.15) is 25.1 Å². The second kappa shape index (κ2) is 8.86. The normalized spacial score (nSPS) is 16.2. The zero-order valence-corrected chi connectivity index (χ0v) is 16.0. The van der Waals surface area contributed by atoms with Gasteiger partial charge in [0.05, 0.1) is 0 Å². The number of nitrogens with zero attached hydrogens (tertiary/aromatic N) is 3. The number of likely N-dealkylation sites (tertiary alicyclic amines) is 1. The zero-order chi connectivity index (χ0) is 20.1. The minimum absolute atomic E-state index is 0.0531. The number of ether oxygens (including phenoxy) is 1. The van der Waals surface area contributed by atoms with Crippen LogP contribution in [0.25, 0.3) is 11.5 Å². The molecule has 1 amide bonds. The van der Waals surface area contributed by atoms with Crippen LogP contribution < -0.4 is 4.74 Å². The lowest BCUT2D eigenvalue weighted by atomic mass is 10.1. The van der Waals surface area contributed by atoms with Gasteiger partial charge in [-0.1, -0.05) is 23.4 Å². The third-order valence-electron chi connectivity index (χ3n) is 5.06. The summed E-state index contributed by atoms with van der Waals surface area (Å²) in [6, 6.07) is 15.4. The summed E-state index contributed by atoms with van der Waals surface area (Å²) in [5.41, 5.74) is 0.891. The van der Waals surface area contributed by atoms with E-state index in [9.17, 15) is 9.18 Å². The fourth-order valence-corrected chi connectivity index (χ4v) is 3.57. The maximum absolute atomic E-state index is 13.0. The molecule has 1 aliphatic rings. The van der Waals surface area contributed by atoms with E-state index in [2.05, 4.69) is 10.1 Å². The maximum atomic E-state index is 13.0. The minimum Gasteiger partial charge on any atom is -0.484 e. The van der Waals surface area contributed by atoms with Crippen molar-refractivity contribution < 1.29 is 18.4 Å². The van der Waals surface area contributed by atoms with E-state index in [1.807, 2.05) is 35.2 Å².